The van der Waals surface area contributed by atoms with E-state index in [0.717, 1.165) is 24.2 Å². The molecule has 0 aliphatic carbocycles. The van der Waals surface area contributed by atoms with E-state index in [2.05, 4.69) is 56.7 Å². The molecule has 0 amide bonds. The Bertz CT molecular complexity index is 721. The Morgan fingerprint density at radius 3 is 2.86 bits per heavy atom. The first-order valence-electron chi connectivity index (χ1n) is 6.99. The SMILES string of the molecule is CC(CCNc1nc(N)nc2[nH]ncc12)c1ccccc1. The molecule has 1 atom stereocenters. The molecular weight excluding hydrogens is 264 g/mol. The van der Waals surface area contributed by atoms with Crippen LogP contribution in [0.3, 0.4) is 0 Å². The number of fused-ring (bicyclic) bond motifs is 1. The number of nitrogen functional groups attached to an aromatic ring is 1. The number of nitrogens with one attached hydrogen (secondary N) is 2. The maximum atomic E-state index is 5.70. The van der Waals surface area contributed by atoms with Crippen LogP contribution in [0.1, 0.15) is 24.8 Å². The number of anilines is 2. The predicted molar refractivity (Wildman–Crippen MR) is 84.1 cm³/mol. The minimum absolute atomic E-state index is 0.241. The van der Waals surface area contributed by atoms with Crippen LogP contribution in [0.25, 0.3) is 11.0 Å². The van der Waals surface area contributed by atoms with Crippen molar-refractivity contribution in [2.24, 2.45) is 0 Å². The minimum atomic E-state index is 0.241. The van der Waals surface area contributed by atoms with E-state index in [1.807, 2.05) is 6.07 Å². The summed E-state index contributed by atoms with van der Waals surface area (Å²) >= 11 is 0. The fourth-order valence-corrected chi connectivity index (χ4v) is 2.34. The number of nitrogens with two attached hydrogens (primary N) is 1. The molecule has 2 heterocycles. The summed E-state index contributed by atoms with van der Waals surface area (Å²) in [6, 6.07) is 10.5. The maximum absolute atomic E-state index is 5.70. The third-order valence-corrected chi connectivity index (χ3v) is 3.57. The van der Waals surface area contributed by atoms with Gasteiger partial charge >= 0.3 is 0 Å². The molecule has 2 aromatic heterocycles. The Morgan fingerprint density at radius 1 is 1.24 bits per heavy atom. The zero-order chi connectivity index (χ0) is 14.7. The molecule has 0 saturated heterocycles. The summed E-state index contributed by atoms with van der Waals surface area (Å²) in [6.45, 7) is 3.03. The summed E-state index contributed by atoms with van der Waals surface area (Å²) in [4.78, 5) is 8.33. The molecular formula is C15H18N6. The maximum Gasteiger partial charge on any atom is 0.224 e. The van der Waals surface area contributed by atoms with Crippen LogP contribution < -0.4 is 11.1 Å². The number of aromatic amines is 1. The lowest BCUT2D eigenvalue weighted by atomic mass is 9.98. The van der Waals surface area contributed by atoms with E-state index in [4.69, 9.17) is 5.73 Å². The zero-order valence-corrected chi connectivity index (χ0v) is 11.9. The number of hydrogen-bond acceptors (Lipinski definition) is 5. The molecule has 3 rings (SSSR count). The first-order valence-corrected chi connectivity index (χ1v) is 6.99. The molecule has 0 saturated carbocycles. The van der Waals surface area contributed by atoms with Crippen molar-refractivity contribution >= 4 is 22.8 Å². The van der Waals surface area contributed by atoms with Gasteiger partial charge in [-0.15, -0.1) is 0 Å². The van der Waals surface area contributed by atoms with Crippen molar-refractivity contribution in [3.63, 3.8) is 0 Å². The molecule has 0 bridgehead atoms. The Morgan fingerprint density at radius 2 is 2.05 bits per heavy atom. The monoisotopic (exact) mass is 282 g/mol. The molecule has 0 fully saturated rings. The molecule has 0 aliphatic heterocycles. The molecule has 0 radical (unpaired) electrons. The molecule has 108 valence electrons. The Balaban J connectivity index is 1.66. The van der Waals surface area contributed by atoms with Crippen molar-refractivity contribution in [2.45, 2.75) is 19.3 Å². The van der Waals surface area contributed by atoms with Gasteiger partial charge in [0.05, 0.1) is 11.6 Å². The summed E-state index contributed by atoms with van der Waals surface area (Å²) in [7, 11) is 0. The predicted octanol–water partition coefficient (Wildman–Crippen LogP) is 2.54. The van der Waals surface area contributed by atoms with E-state index in [9.17, 15) is 0 Å². The van der Waals surface area contributed by atoms with Crippen LogP contribution in [0.15, 0.2) is 36.5 Å². The highest BCUT2D eigenvalue weighted by molar-refractivity contribution is 5.86. The van der Waals surface area contributed by atoms with Crippen molar-refractivity contribution in [1.82, 2.24) is 20.2 Å². The number of rotatable bonds is 5. The fourth-order valence-electron chi connectivity index (χ4n) is 2.34. The fraction of sp³-hybridized carbons (Fsp3) is 0.267. The van der Waals surface area contributed by atoms with Crippen molar-refractivity contribution in [3.8, 4) is 0 Å². The van der Waals surface area contributed by atoms with E-state index in [1.165, 1.54) is 5.56 Å². The number of hydrogen-bond donors (Lipinski definition) is 3. The standard InChI is InChI=1S/C15H18N6/c1-10(11-5-3-2-4-6-11)7-8-17-13-12-9-18-21-14(12)20-15(16)19-13/h2-6,9-10H,7-8H2,1H3,(H4,16,17,18,19,20,21). The molecule has 0 aliphatic rings. The van der Waals surface area contributed by atoms with Gasteiger partial charge in [0.2, 0.25) is 5.95 Å². The molecule has 0 spiro atoms. The largest absolute Gasteiger partial charge is 0.369 e. The molecule has 6 nitrogen and oxygen atoms in total. The molecule has 6 heteroatoms. The lowest BCUT2D eigenvalue weighted by Crippen LogP contribution is -2.09. The van der Waals surface area contributed by atoms with Crippen LogP contribution in [-0.4, -0.2) is 26.7 Å². The van der Waals surface area contributed by atoms with Gasteiger partial charge in [-0.25, -0.2) is 0 Å². The van der Waals surface area contributed by atoms with Gasteiger partial charge in [0.15, 0.2) is 5.65 Å². The average molecular weight is 282 g/mol. The van der Waals surface area contributed by atoms with Crippen LogP contribution in [-0.2, 0) is 0 Å². The molecule has 1 aromatic carbocycles. The summed E-state index contributed by atoms with van der Waals surface area (Å²) in [5.41, 5.74) is 7.69. The van der Waals surface area contributed by atoms with Crippen molar-refractivity contribution in [3.05, 3.63) is 42.1 Å². The van der Waals surface area contributed by atoms with Gasteiger partial charge in [-0.2, -0.15) is 15.1 Å². The van der Waals surface area contributed by atoms with Crippen LogP contribution in [0.2, 0.25) is 0 Å². The van der Waals surface area contributed by atoms with Crippen molar-refractivity contribution in [1.29, 1.82) is 0 Å². The van der Waals surface area contributed by atoms with Gasteiger partial charge in [0.1, 0.15) is 5.82 Å². The van der Waals surface area contributed by atoms with E-state index in [1.54, 1.807) is 6.20 Å². The van der Waals surface area contributed by atoms with Crippen LogP contribution in [0.5, 0.6) is 0 Å². The van der Waals surface area contributed by atoms with E-state index < -0.39 is 0 Å². The second kappa shape index (κ2) is 5.78. The third kappa shape index (κ3) is 2.94. The third-order valence-electron chi connectivity index (χ3n) is 3.57. The molecule has 1 unspecified atom stereocenters. The number of nitrogens with zero attached hydrogens (tertiary/aromatic N) is 3. The highest BCUT2D eigenvalue weighted by Gasteiger charge is 2.09. The number of H-pyrrole nitrogens is 1. The summed E-state index contributed by atoms with van der Waals surface area (Å²) in [5.74, 6) is 1.45. The molecule has 21 heavy (non-hydrogen) atoms. The number of aromatic nitrogens is 4. The second-order valence-electron chi connectivity index (χ2n) is 5.09. The summed E-state index contributed by atoms with van der Waals surface area (Å²) in [6.07, 6.45) is 2.71. The Kier molecular flexibility index (Phi) is 3.68. The highest BCUT2D eigenvalue weighted by Crippen LogP contribution is 2.21. The minimum Gasteiger partial charge on any atom is -0.369 e. The number of benzene rings is 1. The van der Waals surface area contributed by atoms with Crippen LogP contribution in [0.4, 0.5) is 11.8 Å². The first kappa shape index (κ1) is 13.4. The van der Waals surface area contributed by atoms with Gasteiger partial charge in [0, 0.05) is 6.54 Å². The van der Waals surface area contributed by atoms with E-state index in [0.29, 0.717) is 11.6 Å². The quantitative estimate of drug-likeness (QED) is 0.668. The second-order valence-corrected chi connectivity index (χ2v) is 5.09. The van der Waals surface area contributed by atoms with E-state index in [-0.39, 0.29) is 5.95 Å². The topological polar surface area (TPSA) is 92.5 Å². The van der Waals surface area contributed by atoms with Crippen LogP contribution >= 0.6 is 0 Å². The molecule has 3 aromatic rings. The summed E-state index contributed by atoms with van der Waals surface area (Å²) in [5, 5.41) is 11.0. The zero-order valence-electron chi connectivity index (χ0n) is 11.9. The van der Waals surface area contributed by atoms with Crippen LogP contribution in [0, 0.1) is 0 Å². The normalized spacial score (nSPS) is 12.4. The lowest BCUT2D eigenvalue weighted by molar-refractivity contribution is 0.705. The molecule has 4 N–H and O–H groups in total. The van der Waals surface area contributed by atoms with Gasteiger partial charge in [-0.1, -0.05) is 37.3 Å². The Labute approximate surface area is 122 Å². The van der Waals surface area contributed by atoms with Gasteiger partial charge in [-0.05, 0) is 17.9 Å². The van der Waals surface area contributed by atoms with Gasteiger partial charge in [-0.3, -0.25) is 5.10 Å². The first-order chi connectivity index (χ1) is 10.2. The van der Waals surface area contributed by atoms with Crippen molar-refractivity contribution < 1.29 is 0 Å². The summed E-state index contributed by atoms with van der Waals surface area (Å²) < 4.78 is 0. The highest BCUT2D eigenvalue weighted by atomic mass is 15.2. The van der Waals surface area contributed by atoms with Gasteiger partial charge in [0.25, 0.3) is 0 Å². The van der Waals surface area contributed by atoms with Crippen molar-refractivity contribution in [2.75, 3.05) is 17.6 Å². The smallest absolute Gasteiger partial charge is 0.224 e. The van der Waals surface area contributed by atoms with E-state index >= 15 is 0 Å². The Hall–Kier alpha value is -2.63. The average Bonchev–Trinajstić information content (AvgIpc) is 2.96. The van der Waals surface area contributed by atoms with Gasteiger partial charge < -0.3 is 11.1 Å². The lowest BCUT2D eigenvalue weighted by Gasteiger charge is -2.13.